The maximum Gasteiger partial charge on any atom is 0.270 e. The zero-order valence-corrected chi connectivity index (χ0v) is 12.2. The van der Waals surface area contributed by atoms with Crippen LogP contribution in [0.2, 0.25) is 0 Å². The van der Waals surface area contributed by atoms with Crippen molar-refractivity contribution in [2.24, 2.45) is 0 Å². The van der Waals surface area contributed by atoms with Gasteiger partial charge in [-0.1, -0.05) is 36.4 Å². The summed E-state index contributed by atoms with van der Waals surface area (Å²) in [6, 6.07) is 13.9. The predicted octanol–water partition coefficient (Wildman–Crippen LogP) is 3.23. The Labute approximate surface area is 128 Å². The predicted molar refractivity (Wildman–Crippen MR) is 85.2 cm³/mol. The van der Waals surface area contributed by atoms with E-state index in [1.807, 2.05) is 31.2 Å². The van der Waals surface area contributed by atoms with Crippen LogP contribution in [0.5, 0.6) is 0 Å². The van der Waals surface area contributed by atoms with Crippen LogP contribution in [0.25, 0.3) is 6.08 Å². The molecule has 0 heterocycles. The van der Waals surface area contributed by atoms with Gasteiger partial charge in [0.15, 0.2) is 0 Å². The minimum atomic E-state index is -0.463. The highest BCUT2D eigenvalue weighted by Crippen LogP contribution is 2.14. The average molecular weight is 296 g/mol. The zero-order valence-electron chi connectivity index (χ0n) is 12.2. The van der Waals surface area contributed by atoms with E-state index in [-0.39, 0.29) is 11.6 Å². The number of nitro groups is 1. The average Bonchev–Trinajstić information content (AvgIpc) is 2.52. The number of aryl methyl sites for hydroxylation is 1. The van der Waals surface area contributed by atoms with Crippen molar-refractivity contribution < 1.29 is 9.72 Å². The molecule has 0 fully saturated rings. The molecule has 1 N–H and O–H groups in total. The van der Waals surface area contributed by atoms with Gasteiger partial charge in [-0.25, -0.2) is 0 Å². The number of hydrogen-bond acceptors (Lipinski definition) is 3. The maximum absolute atomic E-state index is 11.8. The first-order chi connectivity index (χ1) is 10.6. The van der Waals surface area contributed by atoms with Crippen molar-refractivity contribution in [3.8, 4) is 0 Å². The van der Waals surface area contributed by atoms with Gasteiger partial charge in [-0.15, -0.1) is 0 Å². The first kappa shape index (κ1) is 15.4. The molecule has 112 valence electrons. The number of amides is 1. The number of carbonyl (C=O) groups excluding carboxylic acids is 1. The van der Waals surface area contributed by atoms with E-state index in [0.29, 0.717) is 12.1 Å². The fraction of sp³-hybridized carbons (Fsp3) is 0.118. The molecule has 0 aliphatic rings. The normalized spacial score (nSPS) is 10.6. The maximum atomic E-state index is 11.8. The molecule has 0 saturated carbocycles. The highest BCUT2D eigenvalue weighted by Gasteiger charge is 2.04. The molecule has 0 unspecified atom stereocenters. The van der Waals surface area contributed by atoms with Crippen molar-refractivity contribution in [1.82, 2.24) is 5.32 Å². The third kappa shape index (κ3) is 4.28. The Balaban J connectivity index is 1.96. The van der Waals surface area contributed by atoms with Gasteiger partial charge in [0.2, 0.25) is 5.91 Å². The quantitative estimate of drug-likeness (QED) is 0.523. The second-order valence-electron chi connectivity index (χ2n) is 4.83. The van der Waals surface area contributed by atoms with Crippen molar-refractivity contribution in [1.29, 1.82) is 0 Å². The Morgan fingerprint density at radius 2 is 2.00 bits per heavy atom. The van der Waals surface area contributed by atoms with Gasteiger partial charge in [0, 0.05) is 24.8 Å². The van der Waals surface area contributed by atoms with Crippen LogP contribution in [-0.2, 0) is 11.3 Å². The number of hydrogen-bond donors (Lipinski definition) is 1. The van der Waals surface area contributed by atoms with Gasteiger partial charge in [-0.2, -0.15) is 0 Å². The number of non-ortho nitro benzene ring substituents is 1. The number of rotatable bonds is 5. The molecular weight excluding hydrogens is 280 g/mol. The van der Waals surface area contributed by atoms with Gasteiger partial charge < -0.3 is 5.32 Å². The molecule has 0 saturated heterocycles. The molecule has 0 aliphatic carbocycles. The van der Waals surface area contributed by atoms with Crippen LogP contribution >= 0.6 is 0 Å². The van der Waals surface area contributed by atoms with E-state index in [9.17, 15) is 14.9 Å². The van der Waals surface area contributed by atoms with Gasteiger partial charge in [-0.3, -0.25) is 14.9 Å². The SMILES string of the molecule is Cc1ccccc1CNC(=O)/C=C/c1cccc([N+](=O)[O-])c1. The minimum Gasteiger partial charge on any atom is -0.348 e. The van der Waals surface area contributed by atoms with Crippen molar-refractivity contribution >= 4 is 17.7 Å². The third-order valence-corrected chi connectivity index (χ3v) is 3.22. The number of benzene rings is 2. The van der Waals surface area contributed by atoms with Crippen molar-refractivity contribution in [3.63, 3.8) is 0 Å². The molecule has 0 spiro atoms. The van der Waals surface area contributed by atoms with E-state index in [0.717, 1.165) is 11.1 Å². The van der Waals surface area contributed by atoms with Crippen molar-refractivity contribution in [2.45, 2.75) is 13.5 Å². The van der Waals surface area contributed by atoms with Crippen LogP contribution in [0.4, 0.5) is 5.69 Å². The van der Waals surface area contributed by atoms with E-state index in [2.05, 4.69) is 5.32 Å². The molecule has 22 heavy (non-hydrogen) atoms. The van der Waals surface area contributed by atoms with E-state index < -0.39 is 4.92 Å². The van der Waals surface area contributed by atoms with Crippen LogP contribution in [-0.4, -0.2) is 10.8 Å². The highest BCUT2D eigenvalue weighted by molar-refractivity contribution is 5.91. The van der Waals surface area contributed by atoms with Crippen molar-refractivity contribution in [2.75, 3.05) is 0 Å². The third-order valence-electron chi connectivity index (χ3n) is 3.22. The highest BCUT2D eigenvalue weighted by atomic mass is 16.6. The standard InChI is InChI=1S/C17H16N2O3/c1-13-5-2-3-7-15(13)12-18-17(20)10-9-14-6-4-8-16(11-14)19(21)22/h2-11H,12H2,1H3,(H,18,20)/b10-9+. The number of nitrogens with one attached hydrogen (secondary N) is 1. The van der Waals surface area contributed by atoms with E-state index in [1.54, 1.807) is 18.2 Å². The second-order valence-corrected chi connectivity index (χ2v) is 4.83. The summed E-state index contributed by atoms with van der Waals surface area (Å²) in [5.41, 5.74) is 2.78. The Morgan fingerprint density at radius 1 is 1.23 bits per heavy atom. The lowest BCUT2D eigenvalue weighted by molar-refractivity contribution is -0.384. The molecule has 5 nitrogen and oxygen atoms in total. The number of nitro benzene ring substituents is 1. The second kappa shape index (κ2) is 7.17. The summed E-state index contributed by atoms with van der Waals surface area (Å²) in [6.45, 7) is 2.44. The molecule has 1 amide bonds. The van der Waals surface area contributed by atoms with Gasteiger partial charge in [-0.05, 0) is 29.7 Å². The summed E-state index contributed by atoms with van der Waals surface area (Å²) in [5.74, 6) is -0.241. The molecular formula is C17H16N2O3. The minimum absolute atomic E-state index is 0.00229. The van der Waals surface area contributed by atoms with Gasteiger partial charge in [0.25, 0.3) is 5.69 Å². The summed E-state index contributed by atoms with van der Waals surface area (Å²) in [4.78, 5) is 22.0. The van der Waals surface area contributed by atoms with E-state index in [1.165, 1.54) is 18.2 Å². The summed E-state index contributed by atoms with van der Waals surface area (Å²) < 4.78 is 0. The molecule has 0 atom stereocenters. The lowest BCUT2D eigenvalue weighted by atomic mass is 10.1. The van der Waals surface area contributed by atoms with Crippen LogP contribution < -0.4 is 5.32 Å². The molecule has 0 aliphatic heterocycles. The zero-order chi connectivity index (χ0) is 15.9. The lowest BCUT2D eigenvalue weighted by Crippen LogP contribution is -2.20. The van der Waals surface area contributed by atoms with Crippen LogP contribution in [0.1, 0.15) is 16.7 Å². The topological polar surface area (TPSA) is 72.2 Å². The van der Waals surface area contributed by atoms with Crippen LogP contribution in [0.3, 0.4) is 0 Å². The smallest absolute Gasteiger partial charge is 0.270 e. The Hall–Kier alpha value is -2.95. The summed E-state index contributed by atoms with van der Waals surface area (Å²) in [5, 5.41) is 13.5. The van der Waals surface area contributed by atoms with E-state index in [4.69, 9.17) is 0 Å². The van der Waals surface area contributed by atoms with Gasteiger partial charge in [0.05, 0.1) is 4.92 Å². The number of nitrogens with zero attached hydrogens (tertiary/aromatic N) is 1. The van der Waals surface area contributed by atoms with Crippen molar-refractivity contribution in [3.05, 3.63) is 81.4 Å². The summed E-state index contributed by atoms with van der Waals surface area (Å²) in [7, 11) is 0. The molecule has 2 rings (SSSR count). The van der Waals surface area contributed by atoms with Gasteiger partial charge in [0.1, 0.15) is 0 Å². The Morgan fingerprint density at radius 3 is 2.73 bits per heavy atom. The lowest BCUT2D eigenvalue weighted by Gasteiger charge is -2.05. The molecule has 0 aromatic heterocycles. The van der Waals surface area contributed by atoms with Gasteiger partial charge >= 0.3 is 0 Å². The monoisotopic (exact) mass is 296 g/mol. The Kier molecular flexibility index (Phi) is 5.03. The molecule has 2 aromatic rings. The van der Waals surface area contributed by atoms with Crippen LogP contribution in [0.15, 0.2) is 54.6 Å². The number of carbonyl (C=O) groups is 1. The molecule has 0 radical (unpaired) electrons. The largest absolute Gasteiger partial charge is 0.348 e. The van der Waals surface area contributed by atoms with E-state index >= 15 is 0 Å². The molecule has 5 heteroatoms. The first-order valence-corrected chi connectivity index (χ1v) is 6.81. The molecule has 0 bridgehead atoms. The molecule has 2 aromatic carbocycles. The fourth-order valence-electron chi connectivity index (χ4n) is 1.96. The first-order valence-electron chi connectivity index (χ1n) is 6.81. The van der Waals surface area contributed by atoms with Crippen LogP contribution in [0, 0.1) is 17.0 Å². The summed E-state index contributed by atoms with van der Waals surface area (Å²) >= 11 is 0. The fourth-order valence-corrected chi connectivity index (χ4v) is 1.96. The Bertz CT molecular complexity index is 723. The summed E-state index contributed by atoms with van der Waals surface area (Å²) in [6.07, 6.45) is 2.93.